The van der Waals surface area contributed by atoms with E-state index in [2.05, 4.69) is 5.32 Å². The van der Waals surface area contributed by atoms with Crippen molar-refractivity contribution in [1.82, 2.24) is 10.2 Å². The van der Waals surface area contributed by atoms with Crippen LogP contribution in [-0.2, 0) is 14.4 Å². The molecule has 2 aliphatic rings. The number of benzene rings is 1. The van der Waals surface area contributed by atoms with Crippen LogP contribution in [0.25, 0.3) is 0 Å². The fraction of sp³-hybridized carbons (Fsp3) is 0.438. The molecule has 0 bridgehead atoms. The number of aliphatic hydroxyl groups excluding tert-OH is 1. The molecule has 0 saturated carbocycles. The molecule has 0 spiro atoms. The van der Waals surface area contributed by atoms with Gasteiger partial charge in [-0.25, -0.2) is 4.79 Å². The van der Waals surface area contributed by atoms with E-state index in [1.54, 1.807) is 31.2 Å². The maximum atomic E-state index is 12.3. The Morgan fingerprint density at radius 1 is 1.36 bits per heavy atom. The topological polar surface area (TPSA) is 116 Å². The SMILES string of the molecule is C[C@]1(CO)S[C@@H]2[C@H](NC(=O)COc3ccccc3)C(=O)N2[C@H]1C(=O)O. The van der Waals surface area contributed by atoms with Crippen LogP contribution in [0.2, 0.25) is 0 Å². The van der Waals surface area contributed by atoms with E-state index in [4.69, 9.17) is 4.74 Å². The lowest BCUT2D eigenvalue weighted by Crippen LogP contribution is -2.71. The monoisotopic (exact) mass is 366 g/mol. The fourth-order valence-electron chi connectivity index (χ4n) is 3.04. The number of carboxylic acids is 1. The highest BCUT2D eigenvalue weighted by atomic mass is 32.2. The number of aliphatic carboxylic acids is 1. The van der Waals surface area contributed by atoms with Gasteiger partial charge in [-0.05, 0) is 19.1 Å². The summed E-state index contributed by atoms with van der Waals surface area (Å²) in [5, 5.41) is 21.0. The summed E-state index contributed by atoms with van der Waals surface area (Å²) < 4.78 is 4.32. The number of hydrogen-bond donors (Lipinski definition) is 3. The number of carbonyl (C=O) groups excluding carboxylic acids is 2. The maximum Gasteiger partial charge on any atom is 0.328 e. The Morgan fingerprint density at radius 3 is 2.64 bits per heavy atom. The van der Waals surface area contributed by atoms with Gasteiger partial charge in [0, 0.05) is 0 Å². The first kappa shape index (κ1) is 17.6. The maximum absolute atomic E-state index is 12.3. The lowest BCUT2D eigenvalue weighted by Gasteiger charge is -2.43. The summed E-state index contributed by atoms with van der Waals surface area (Å²) in [6.45, 7) is 0.969. The number of fused-ring (bicyclic) bond motifs is 1. The van der Waals surface area contributed by atoms with E-state index >= 15 is 0 Å². The van der Waals surface area contributed by atoms with Crippen molar-refractivity contribution in [2.45, 2.75) is 29.1 Å². The van der Waals surface area contributed by atoms with Crippen molar-refractivity contribution >= 4 is 29.5 Å². The summed E-state index contributed by atoms with van der Waals surface area (Å²) in [6, 6.07) is 6.86. The van der Waals surface area contributed by atoms with Crippen molar-refractivity contribution < 1.29 is 29.3 Å². The predicted octanol–water partition coefficient (Wildman–Crippen LogP) is -0.331. The molecule has 3 rings (SSSR count). The Labute approximate surface area is 148 Å². The zero-order valence-corrected chi connectivity index (χ0v) is 14.2. The molecule has 2 aliphatic heterocycles. The molecule has 2 saturated heterocycles. The Morgan fingerprint density at radius 2 is 2.04 bits per heavy atom. The minimum absolute atomic E-state index is 0.245. The van der Waals surface area contributed by atoms with Crippen LogP contribution in [0.1, 0.15) is 6.92 Å². The number of amides is 2. The molecule has 9 heteroatoms. The molecule has 0 radical (unpaired) electrons. The van der Waals surface area contributed by atoms with E-state index < -0.39 is 40.0 Å². The second kappa shape index (κ2) is 6.57. The quantitative estimate of drug-likeness (QED) is 0.590. The Kier molecular flexibility index (Phi) is 4.61. The molecule has 8 nitrogen and oxygen atoms in total. The number of aliphatic hydroxyl groups is 1. The second-order valence-electron chi connectivity index (χ2n) is 6.11. The van der Waals surface area contributed by atoms with E-state index in [0.717, 1.165) is 0 Å². The first-order valence-corrected chi connectivity index (χ1v) is 8.56. The molecule has 1 aromatic carbocycles. The summed E-state index contributed by atoms with van der Waals surface area (Å²) in [5.41, 5.74) is 0. The summed E-state index contributed by atoms with van der Waals surface area (Å²) >= 11 is 1.19. The van der Waals surface area contributed by atoms with Crippen LogP contribution < -0.4 is 10.1 Å². The van der Waals surface area contributed by atoms with Crippen LogP contribution >= 0.6 is 11.8 Å². The fourth-order valence-corrected chi connectivity index (χ4v) is 4.67. The van der Waals surface area contributed by atoms with Gasteiger partial charge in [0.1, 0.15) is 23.2 Å². The lowest BCUT2D eigenvalue weighted by molar-refractivity contribution is -0.161. The van der Waals surface area contributed by atoms with E-state index in [9.17, 15) is 24.6 Å². The van der Waals surface area contributed by atoms with Gasteiger partial charge in [0.15, 0.2) is 6.61 Å². The predicted molar refractivity (Wildman–Crippen MR) is 89.0 cm³/mol. The Bertz CT molecular complexity index is 699. The van der Waals surface area contributed by atoms with Gasteiger partial charge in [0.2, 0.25) is 5.91 Å². The highest BCUT2D eigenvalue weighted by molar-refractivity contribution is 8.01. The number of rotatable bonds is 6. The minimum Gasteiger partial charge on any atom is -0.484 e. The molecule has 2 heterocycles. The van der Waals surface area contributed by atoms with Crippen LogP contribution in [0.15, 0.2) is 30.3 Å². The van der Waals surface area contributed by atoms with Crippen molar-refractivity contribution in [3.8, 4) is 5.75 Å². The van der Waals surface area contributed by atoms with Gasteiger partial charge < -0.3 is 25.2 Å². The van der Waals surface area contributed by atoms with Gasteiger partial charge in [0.05, 0.1) is 11.4 Å². The van der Waals surface area contributed by atoms with Crippen LogP contribution in [0, 0.1) is 0 Å². The molecule has 0 unspecified atom stereocenters. The molecular formula is C16H18N2O6S. The summed E-state index contributed by atoms with van der Waals surface area (Å²) in [5.74, 6) is -1.56. The Balaban J connectivity index is 1.61. The van der Waals surface area contributed by atoms with Gasteiger partial charge >= 0.3 is 5.97 Å². The lowest BCUT2D eigenvalue weighted by atomic mass is 9.95. The van der Waals surface area contributed by atoms with Crippen molar-refractivity contribution in [2.75, 3.05) is 13.2 Å². The van der Waals surface area contributed by atoms with Crippen molar-refractivity contribution in [2.24, 2.45) is 0 Å². The molecule has 2 amide bonds. The van der Waals surface area contributed by atoms with Crippen molar-refractivity contribution in [3.05, 3.63) is 30.3 Å². The molecular weight excluding hydrogens is 348 g/mol. The molecule has 3 N–H and O–H groups in total. The molecule has 134 valence electrons. The average Bonchev–Trinajstić information content (AvgIpc) is 2.89. The second-order valence-corrected chi connectivity index (χ2v) is 7.76. The standard InChI is InChI=1S/C16H18N2O6S/c1-16(8-19)12(15(22)23)18-13(21)11(14(18)25-16)17-10(20)7-24-9-5-3-2-4-6-9/h2-6,11-12,14,19H,7-8H2,1H3,(H,17,20)(H,22,23)/t11-,12+,14-,16-/m1/s1. The zero-order chi connectivity index (χ0) is 18.2. The van der Waals surface area contributed by atoms with Gasteiger partial charge in [-0.1, -0.05) is 18.2 Å². The molecule has 4 atom stereocenters. The number of hydrogen-bond acceptors (Lipinski definition) is 6. The third-order valence-corrected chi connectivity index (χ3v) is 5.94. The Hall–Kier alpha value is -2.26. The van der Waals surface area contributed by atoms with Crippen molar-refractivity contribution in [3.63, 3.8) is 0 Å². The number of thioether (sulfide) groups is 1. The third kappa shape index (κ3) is 3.05. The van der Waals surface area contributed by atoms with Crippen LogP contribution in [0.5, 0.6) is 5.75 Å². The molecule has 0 aromatic heterocycles. The van der Waals surface area contributed by atoms with E-state index in [1.165, 1.54) is 16.7 Å². The van der Waals surface area contributed by atoms with Gasteiger partial charge in [-0.15, -0.1) is 11.8 Å². The van der Waals surface area contributed by atoms with Crippen molar-refractivity contribution in [1.29, 1.82) is 0 Å². The van der Waals surface area contributed by atoms with E-state index in [1.807, 2.05) is 6.07 Å². The average molecular weight is 366 g/mol. The largest absolute Gasteiger partial charge is 0.484 e. The highest BCUT2D eigenvalue weighted by Gasteiger charge is 2.65. The smallest absolute Gasteiger partial charge is 0.328 e. The number of para-hydroxylation sites is 1. The van der Waals surface area contributed by atoms with E-state index in [0.29, 0.717) is 5.75 Å². The number of nitrogens with zero attached hydrogens (tertiary/aromatic N) is 1. The van der Waals surface area contributed by atoms with Crippen LogP contribution in [0.3, 0.4) is 0 Å². The molecule has 2 fully saturated rings. The first-order valence-electron chi connectivity index (χ1n) is 7.68. The summed E-state index contributed by atoms with van der Waals surface area (Å²) in [4.78, 5) is 37.0. The van der Waals surface area contributed by atoms with Gasteiger partial charge in [-0.3, -0.25) is 9.59 Å². The van der Waals surface area contributed by atoms with Gasteiger partial charge in [-0.2, -0.15) is 0 Å². The first-order chi connectivity index (χ1) is 11.9. The summed E-state index contributed by atoms with van der Waals surface area (Å²) in [7, 11) is 0. The number of carboxylic acid groups (broad SMARTS) is 1. The van der Waals surface area contributed by atoms with E-state index in [-0.39, 0.29) is 13.2 Å². The van der Waals surface area contributed by atoms with Gasteiger partial charge in [0.25, 0.3) is 5.91 Å². The normalized spacial score (nSPS) is 30.4. The molecule has 1 aromatic rings. The number of ether oxygens (including phenoxy) is 1. The highest BCUT2D eigenvalue weighted by Crippen LogP contribution is 2.50. The third-order valence-electron chi connectivity index (χ3n) is 4.30. The molecule has 25 heavy (non-hydrogen) atoms. The minimum atomic E-state index is -1.17. The number of β-lactam (4-membered cyclic amide) rings is 1. The number of nitrogens with one attached hydrogen (secondary N) is 1. The molecule has 0 aliphatic carbocycles. The summed E-state index contributed by atoms with van der Waals surface area (Å²) in [6.07, 6.45) is 0. The number of carbonyl (C=O) groups is 3. The van der Waals surface area contributed by atoms with Crippen LogP contribution in [0.4, 0.5) is 0 Å². The van der Waals surface area contributed by atoms with Crippen LogP contribution in [-0.4, -0.2) is 68.3 Å². The zero-order valence-electron chi connectivity index (χ0n) is 13.4.